The smallest absolute Gasteiger partial charge is 0.255 e. The molecule has 1 heterocycles. The molecule has 7 heteroatoms. The molecule has 0 saturated carbocycles. The molecule has 6 nitrogen and oxygen atoms in total. The molecule has 0 aliphatic carbocycles. The fourth-order valence-corrected chi connectivity index (χ4v) is 3.92. The standard InChI is InChI=1S/C22H25N3O3S/c1-5-28-17-9-7-6-8-15(17)20(26)24-19(13(2)3)21(27)25-22-23-16-11-10-14(4)12-18(16)29-22/h6-13,19H,5H2,1-4H3,(H,24,26)(H,23,25,27)/t19-/m1/s1. The minimum atomic E-state index is -0.703. The van der Waals surface area contributed by atoms with Crippen LogP contribution in [0.15, 0.2) is 42.5 Å². The van der Waals surface area contributed by atoms with Crippen molar-refractivity contribution in [3.8, 4) is 5.75 Å². The molecule has 1 atom stereocenters. The molecular weight excluding hydrogens is 386 g/mol. The molecule has 0 unspecified atom stereocenters. The van der Waals surface area contributed by atoms with Gasteiger partial charge in [0.2, 0.25) is 5.91 Å². The van der Waals surface area contributed by atoms with Crippen molar-refractivity contribution in [3.05, 3.63) is 53.6 Å². The number of amides is 2. The minimum Gasteiger partial charge on any atom is -0.493 e. The second kappa shape index (κ2) is 9.05. The fraction of sp³-hybridized carbons (Fsp3) is 0.318. The van der Waals surface area contributed by atoms with Crippen LogP contribution in [0.25, 0.3) is 10.2 Å². The number of thiazole rings is 1. The van der Waals surface area contributed by atoms with Gasteiger partial charge in [-0.25, -0.2) is 4.98 Å². The van der Waals surface area contributed by atoms with E-state index < -0.39 is 6.04 Å². The predicted octanol–water partition coefficient (Wildman–Crippen LogP) is 4.40. The van der Waals surface area contributed by atoms with Crippen LogP contribution in [0, 0.1) is 12.8 Å². The highest BCUT2D eigenvalue weighted by Gasteiger charge is 2.26. The number of hydrogen-bond acceptors (Lipinski definition) is 5. The molecule has 0 saturated heterocycles. The average Bonchev–Trinajstić information content (AvgIpc) is 3.07. The van der Waals surface area contributed by atoms with E-state index >= 15 is 0 Å². The van der Waals surface area contributed by atoms with Gasteiger partial charge in [-0.2, -0.15) is 0 Å². The monoisotopic (exact) mass is 411 g/mol. The molecule has 152 valence electrons. The highest BCUT2D eigenvalue weighted by molar-refractivity contribution is 7.22. The van der Waals surface area contributed by atoms with Crippen LogP contribution in [0.4, 0.5) is 5.13 Å². The molecule has 2 aromatic carbocycles. The Bertz CT molecular complexity index is 1030. The summed E-state index contributed by atoms with van der Waals surface area (Å²) in [6.45, 7) is 8.11. The lowest BCUT2D eigenvalue weighted by Crippen LogP contribution is -2.47. The van der Waals surface area contributed by atoms with Crippen molar-refractivity contribution in [1.29, 1.82) is 0 Å². The predicted molar refractivity (Wildman–Crippen MR) is 117 cm³/mol. The van der Waals surface area contributed by atoms with Gasteiger partial charge in [0, 0.05) is 0 Å². The first-order chi connectivity index (χ1) is 13.9. The minimum absolute atomic E-state index is 0.102. The number of para-hydroxylation sites is 1. The van der Waals surface area contributed by atoms with Crippen LogP contribution in [-0.2, 0) is 4.79 Å². The summed E-state index contributed by atoms with van der Waals surface area (Å²) in [5.74, 6) is -0.243. The summed E-state index contributed by atoms with van der Waals surface area (Å²) >= 11 is 1.42. The summed E-state index contributed by atoms with van der Waals surface area (Å²) in [7, 11) is 0. The number of nitrogens with one attached hydrogen (secondary N) is 2. The fourth-order valence-electron chi connectivity index (χ4n) is 2.96. The van der Waals surface area contributed by atoms with Crippen LogP contribution in [0.3, 0.4) is 0 Å². The molecule has 2 N–H and O–H groups in total. The number of rotatable bonds is 7. The Kier molecular flexibility index (Phi) is 6.49. The first-order valence-corrected chi connectivity index (χ1v) is 10.4. The maximum absolute atomic E-state index is 12.9. The SMILES string of the molecule is CCOc1ccccc1C(=O)N[C@@H](C(=O)Nc1nc2ccc(C)cc2s1)C(C)C. The molecule has 0 aliphatic heterocycles. The number of anilines is 1. The van der Waals surface area contributed by atoms with Crippen molar-refractivity contribution in [2.24, 2.45) is 5.92 Å². The van der Waals surface area contributed by atoms with Gasteiger partial charge in [0.05, 0.1) is 22.4 Å². The topological polar surface area (TPSA) is 80.3 Å². The van der Waals surface area contributed by atoms with Crippen molar-refractivity contribution in [2.45, 2.75) is 33.7 Å². The molecule has 1 aromatic heterocycles. The van der Waals surface area contributed by atoms with Crippen molar-refractivity contribution in [3.63, 3.8) is 0 Å². The van der Waals surface area contributed by atoms with Gasteiger partial charge in [0.1, 0.15) is 11.8 Å². The maximum atomic E-state index is 12.9. The molecule has 2 amide bonds. The van der Waals surface area contributed by atoms with Crippen molar-refractivity contribution in [1.82, 2.24) is 10.3 Å². The number of nitrogens with zero attached hydrogens (tertiary/aromatic N) is 1. The number of hydrogen-bond donors (Lipinski definition) is 2. The van der Waals surface area contributed by atoms with E-state index in [9.17, 15) is 9.59 Å². The molecule has 0 fully saturated rings. The number of fused-ring (bicyclic) bond motifs is 1. The zero-order chi connectivity index (χ0) is 21.0. The quantitative estimate of drug-likeness (QED) is 0.604. The van der Waals surface area contributed by atoms with E-state index in [1.807, 2.05) is 52.0 Å². The third-order valence-corrected chi connectivity index (χ3v) is 5.37. The molecule has 0 spiro atoms. The second-order valence-corrected chi connectivity index (χ2v) is 8.13. The number of carbonyl (C=O) groups excluding carboxylic acids is 2. The van der Waals surface area contributed by atoms with Crippen molar-refractivity contribution >= 4 is 38.5 Å². The average molecular weight is 412 g/mol. The zero-order valence-electron chi connectivity index (χ0n) is 17.0. The van der Waals surface area contributed by atoms with E-state index in [2.05, 4.69) is 15.6 Å². The Morgan fingerprint density at radius 3 is 2.66 bits per heavy atom. The van der Waals surface area contributed by atoms with Crippen molar-refractivity contribution < 1.29 is 14.3 Å². The number of carbonyl (C=O) groups is 2. The van der Waals surface area contributed by atoms with Gasteiger partial charge in [-0.05, 0) is 49.6 Å². The van der Waals surface area contributed by atoms with Gasteiger partial charge in [0.25, 0.3) is 5.91 Å². The first kappa shape index (κ1) is 20.8. The van der Waals surface area contributed by atoms with Gasteiger partial charge in [-0.1, -0.05) is 43.4 Å². The summed E-state index contributed by atoms with van der Waals surface area (Å²) in [6, 6.07) is 12.3. The highest BCUT2D eigenvalue weighted by atomic mass is 32.1. The Morgan fingerprint density at radius 1 is 1.17 bits per heavy atom. The zero-order valence-corrected chi connectivity index (χ0v) is 17.8. The Morgan fingerprint density at radius 2 is 1.93 bits per heavy atom. The Balaban J connectivity index is 1.76. The number of aromatic nitrogens is 1. The lowest BCUT2D eigenvalue weighted by molar-refractivity contribution is -0.118. The van der Waals surface area contributed by atoms with Crippen LogP contribution in [0.2, 0.25) is 0 Å². The summed E-state index contributed by atoms with van der Waals surface area (Å²) in [5, 5.41) is 6.21. The van der Waals surface area contributed by atoms with Crippen LogP contribution in [0.5, 0.6) is 5.75 Å². The van der Waals surface area contributed by atoms with E-state index in [0.29, 0.717) is 23.1 Å². The first-order valence-electron chi connectivity index (χ1n) is 9.59. The van der Waals surface area contributed by atoms with Gasteiger partial charge in [-0.15, -0.1) is 0 Å². The van der Waals surface area contributed by atoms with Crippen LogP contribution < -0.4 is 15.4 Å². The van der Waals surface area contributed by atoms with Gasteiger partial charge in [-0.3, -0.25) is 9.59 Å². The lowest BCUT2D eigenvalue weighted by Gasteiger charge is -2.21. The molecule has 3 rings (SSSR count). The summed E-state index contributed by atoms with van der Waals surface area (Å²) in [6.07, 6.45) is 0. The summed E-state index contributed by atoms with van der Waals surface area (Å²) in [4.78, 5) is 30.2. The largest absolute Gasteiger partial charge is 0.493 e. The van der Waals surface area contributed by atoms with E-state index in [-0.39, 0.29) is 17.7 Å². The molecule has 0 radical (unpaired) electrons. The summed E-state index contributed by atoms with van der Waals surface area (Å²) in [5.41, 5.74) is 2.38. The Labute approximate surface area is 174 Å². The van der Waals surface area contributed by atoms with E-state index in [1.54, 1.807) is 18.2 Å². The second-order valence-electron chi connectivity index (χ2n) is 7.10. The van der Waals surface area contributed by atoms with Crippen LogP contribution in [-0.4, -0.2) is 29.4 Å². The van der Waals surface area contributed by atoms with Gasteiger partial charge < -0.3 is 15.4 Å². The molecule has 0 aliphatic rings. The van der Waals surface area contributed by atoms with Crippen molar-refractivity contribution in [2.75, 3.05) is 11.9 Å². The number of benzene rings is 2. The number of aryl methyl sites for hydroxylation is 1. The Hall–Kier alpha value is -2.93. The number of ether oxygens (including phenoxy) is 1. The van der Waals surface area contributed by atoms with Crippen LogP contribution in [0.1, 0.15) is 36.7 Å². The third kappa shape index (κ3) is 4.92. The van der Waals surface area contributed by atoms with E-state index in [4.69, 9.17) is 4.74 Å². The molecular formula is C22H25N3O3S. The lowest BCUT2D eigenvalue weighted by atomic mass is 10.0. The normalized spacial score (nSPS) is 12.0. The van der Waals surface area contributed by atoms with E-state index in [1.165, 1.54) is 11.3 Å². The molecule has 29 heavy (non-hydrogen) atoms. The van der Waals surface area contributed by atoms with Gasteiger partial charge in [0.15, 0.2) is 5.13 Å². The third-order valence-electron chi connectivity index (χ3n) is 4.44. The van der Waals surface area contributed by atoms with Gasteiger partial charge >= 0.3 is 0 Å². The highest BCUT2D eigenvalue weighted by Crippen LogP contribution is 2.27. The molecule has 3 aromatic rings. The van der Waals surface area contributed by atoms with E-state index in [0.717, 1.165) is 15.8 Å². The summed E-state index contributed by atoms with van der Waals surface area (Å²) < 4.78 is 6.54. The molecule has 0 bridgehead atoms. The maximum Gasteiger partial charge on any atom is 0.255 e. The van der Waals surface area contributed by atoms with Crippen LogP contribution >= 0.6 is 11.3 Å².